The first kappa shape index (κ1) is 18.1. The van der Waals surface area contributed by atoms with Crippen LogP contribution >= 0.6 is 0 Å². The van der Waals surface area contributed by atoms with Gasteiger partial charge >= 0.3 is 0 Å². The molecule has 0 aliphatic carbocycles. The Hall–Kier alpha value is -2.96. The molecule has 0 radical (unpaired) electrons. The molecule has 5 rings (SSSR count). The largest absolute Gasteiger partial charge is 0.308 e. The van der Waals surface area contributed by atoms with Gasteiger partial charge in [0.25, 0.3) is 5.56 Å². The minimum absolute atomic E-state index is 0.0489. The van der Waals surface area contributed by atoms with E-state index in [1.54, 1.807) is 0 Å². The first-order valence-electron chi connectivity index (χ1n) is 9.97. The summed E-state index contributed by atoms with van der Waals surface area (Å²) in [5, 5.41) is 0.705. The van der Waals surface area contributed by atoms with E-state index in [1.165, 1.54) is 17.7 Å². The summed E-state index contributed by atoms with van der Waals surface area (Å²) >= 11 is 0. The zero-order valence-electron chi connectivity index (χ0n) is 16.1. The zero-order chi connectivity index (χ0) is 19.8. The molecule has 6 heteroatoms. The van der Waals surface area contributed by atoms with Gasteiger partial charge in [-0.2, -0.15) is 0 Å². The lowest BCUT2D eigenvalue weighted by Crippen LogP contribution is -2.45. The van der Waals surface area contributed by atoms with E-state index in [0.29, 0.717) is 5.39 Å². The molecule has 0 unspecified atom stereocenters. The highest BCUT2D eigenvalue weighted by molar-refractivity contribution is 5.80. The zero-order valence-corrected chi connectivity index (χ0v) is 16.1. The van der Waals surface area contributed by atoms with Gasteiger partial charge in [-0.05, 0) is 41.5 Å². The maximum absolute atomic E-state index is 13.1. The normalized spacial score (nSPS) is 16.0. The topological polar surface area (TPSA) is 43.8 Å². The van der Waals surface area contributed by atoms with Crippen LogP contribution in [-0.2, 0) is 13.1 Å². The molecule has 0 saturated carbocycles. The van der Waals surface area contributed by atoms with Gasteiger partial charge in [0.15, 0.2) is 0 Å². The summed E-state index contributed by atoms with van der Waals surface area (Å²) in [4.78, 5) is 20.1. The Morgan fingerprint density at radius 3 is 2.24 bits per heavy atom. The summed E-state index contributed by atoms with van der Waals surface area (Å²) in [7, 11) is 0. The monoisotopic (exact) mass is 390 g/mol. The van der Waals surface area contributed by atoms with E-state index in [2.05, 4.69) is 31.4 Å². The Morgan fingerprint density at radius 1 is 0.862 bits per heavy atom. The first-order valence-corrected chi connectivity index (χ1v) is 9.97. The van der Waals surface area contributed by atoms with Crippen molar-refractivity contribution in [3.8, 4) is 0 Å². The number of aromatic amines is 1. The number of aromatic nitrogens is 2. The highest BCUT2D eigenvalue weighted by Gasteiger charge is 2.18. The molecule has 1 aliphatic heterocycles. The molecule has 1 aliphatic rings. The second-order valence-electron chi connectivity index (χ2n) is 7.75. The van der Waals surface area contributed by atoms with E-state index in [1.807, 2.05) is 36.4 Å². The third-order valence-electron chi connectivity index (χ3n) is 5.72. The summed E-state index contributed by atoms with van der Waals surface area (Å²) in [6.07, 6.45) is 2.12. The van der Waals surface area contributed by atoms with Gasteiger partial charge in [0.2, 0.25) is 0 Å². The standard InChI is InChI=1S/C23H23FN4O/c24-19-7-5-17(6-8-19)14-26-9-11-27(12-10-26)15-18-13-22-25-23(29)20-3-1-2-4-21(20)28(22)16-18/h1-8,13,16H,9-12,14-15H2,(H,25,29). The fourth-order valence-corrected chi connectivity index (χ4v) is 4.17. The molecular formula is C23H23FN4O. The van der Waals surface area contributed by atoms with Crippen LogP contribution in [0.5, 0.6) is 0 Å². The van der Waals surface area contributed by atoms with Crippen molar-refractivity contribution >= 4 is 16.6 Å². The van der Waals surface area contributed by atoms with Crippen LogP contribution in [0.15, 0.2) is 65.6 Å². The number of piperazine rings is 1. The molecular weight excluding hydrogens is 367 g/mol. The molecule has 0 atom stereocenters. The molecule has 1 fully saturated rings. The van der Waals surface area contributed by atoms with Gasteiger partial charge in [-0.3, -0.25) is 14.6 Å². The molecule has 1 N–H and O–H groups in total. The molecule has 0 spiro atoms. The molecule has 3 heterocycles. The number of halogens is 1. The minimum atomic E-state index is -0.187. The number of rotatable bonds is 4. The van der Waals surface area contributed by atoms with E-state index in [0.717, 1.165) is 56.0 Å². The van der Waals surface area contributed by atoms with E-state index in [-0.39, 0.29) is 11.4 Å². The summed E-state index contributed by atoms with van der Waals surface area (Å²) < 4.78 is 15.1. The number of para-hydroxylation sites is 1. The number of fused-ring (bicyclic) bond motifs is 3. The number of nitrogens with zero attached hydrogens (tertiary/aromatic N) is 3. The second-order valence-corrected chi connectivity index (χ2v) is 7.75. The van der Waals surface area contributed by atoms with Crippen LogP contribution in [0.4, 0.5) is 4.39 Å². The molecule has 148 valence electrons. The SMILES string of the molecule is O=c1[nH]c2cc(CN3CCN(Cc4ccc(F)cc4)CC3)cn2c2ccccc12. The third kappa shape index (κ3) is 3.69. The third-order valence-corrected chi connectivity index (χ3v) is 5.72. The number of nitrogens with one attached hydrogen (secondary N) is 1. The van der Waals surface area contributed by atoms with Crippen molar-refractivity contribution in [3.05, 3.63) is 88.1 Å². The summed E-state index contributed by atoms with van der Waals surface area (Å²) in [6, 6.07) is 16.5. The van der Waals surface area contributed by atoms with E-state index in [4.69, 9.17) is 0 Å². The van der Waals surface area contributed by atoms with Crippen LogP contribution in [0.1, 0.15) is 11.1 Å². The Kier molecular flexibility index (Phi) is 4.66. The molecule has 0 bridgehead atoms. The van der Waals surface area contributed by atoms with Crippen molar-refractivity contribution in [3.63, 3.8) is 0 Å². The first-order chi connectivity index (χ1) is 14.2. The van der Waals surface area contributed by atoms with Gasteiger partial charge in [0, 0.05) is 45.5 Å². The minimum Gasteiger partial charge on any atom is -0.308 e. The lowest BCUT2D eigenvalue weighted by atomic mass is 10.2. The maximum atomic E-state index is 13.1. The lowest BCUT2D eigenvalue weighted by molar-refractivity contribution is 0.122. The molecule has 2 aromatic carbocycles. The molecule has 1 saturated heterocycles. The van der Waals surface area contributed by atoms with Gasteiger partial charge in [-0.25, -0.2) is 4.39 Å². The smallest absolute Gasteiger partial charge is 0.258 e. The Bertz CT molecular complexity index is 1200. The number of hydrogen-bond donors (Lipinski definition) is 1. The average Bonchev–Trinajstić information content (AvgIpc) is 3.14. The fourth-order valence-electron chi connectivity index (χ4n) is 4.17. The van der Waals surface area contributed by atoms with Crippen molar-refractivity contribution in [1.29, 1.82) is 0 Å². The van der Waals surface area contributed by atoms with Crippen LogP contribution in [0.3, 0.4) is 0 Å². The predicted molar refractivity (Wildman–Crippen MR) is 112 cm³/mol. The van der Waals surface area contributed by atoms with E-state index >= 15 is 0 Å². The van der Waals surface area contributed by atoms with Crippen molar-refractivity contribution in [2.75, 3.05) is 26.2 Å². The molecule has 0 amide bonds. The van der Waals surface area contributed by atoms with Gasteiger partial charge < -0.3 is 9.38 Å². The number of hydrogen-bond acceptors (Lipinski definition) is 3. The quantitative estimate of drug-likeness (QED) is 0.582. The fraction of sp³-hybridized carbons (Fsp3) is 0.261. The van der Waals surface area contributed by atoms with Gasteiger partial charge in [-0.15, -0.1) is 0 Å². The molecule has 5 nitrogen and oxygen atoms in total. The predicted octanol–water partition coefficient (Wildman–Crippen LogP) is 3.24. The Labute approximate surface area is 168 Å². The van der Waals surface area contributed by atoms with Crippen molar-refractivity contribution in [1.82, 2.24) is 19.2 Å². The van der Waals surface area contributed by atoms with Crippen LogP contribution in [0, 0.1) is 5.82 Å². The van der Waals surface area contributed by atoms with E-state index < -0.39 is 0 Å². The lowest BCUT2D eigenvalue weighted by Gasteiger charge is -2.34. The van der Waals surface area contributed by atoms with Crippen molar-refractivity contribution < 1.29 is 4.39 Å². The Morgan fingerprint density at radius 2 is 1.52 bits per heavy atom. The summed E-state index contributed by atoms with van der Waals surface area (Å²) in [5.41, 5.74) is 4.06. The van der Waals surface area contributed by atoms with E-state index in [9.17, 15) is 9.18 Å². The second kappa shape index (κ2) is 7.46. The van der Waals surface area contributed by atoms with Crippen molar-refractivity contribution in [2.24, 2.45) is 0 Å². The van der Waals surface area contributed by atoms with Crippen LogP contribution in [-0.4, -0.2) is 45.4 Å². The van der Waals surface area contributed by atoms with Crippen LogP contribution in [0.2, 0.25) is 0 Å². The van der Waals surface area contributed by atoms with Gasteiger partial charge in [0.1, 0.15) is 11.5 Å². The molecule has 29 heavy (non-hydrogen) atoms. The molecule has 2 aromatic heterocycles. The van der Waals surface area contributed by atoms with Crippen LogP contribution < -0.4 is 5.56 Å². The highest BCUT2D eigenvalue weighted by atomic mass is 19.1. The van der Waals surface area contributed by atoms with Crippen molar-refractivity contribution in [2.45, 2.75) is 13.1 Å². The van der Waals surface area contributed by atoms with Crippen LogP contribution in [0.25, 0.3) is 16.6 Å². The Balaban J connectivity index is 1.27. The van der Waals surface area contributed by atoms with Gasteiger partial charge in [0.05, 0.1) is 10.9 Å². The maximum Gasteiger partial charge on any atom is 0.258 e. The average molecular weight is 390 g/mol. The van der Waals surface area contributed by atoms with Gasteiger partial charge in [-0.1, -0.05) is 24.3 Å². The molecule has 4 aromatic rings. The summed E-state index contributed by atoms with van der Waals surface area (Å²) in [5.74, 6) is -0.187. The number of H-pyrrole nitrogens is 1. The highest BCUT2D eigenvalue weighted by Crippen LogP contribution is 2.17. The summed E-state index contributed by atoms with van der Waals surface area (Å²) in [6.45, 7) is 5.68. The number of benzene rings is 2.